The molecular weight excluding hydrogens is 373 g/mol. The lowest BCUT2D eigenvalue weighted by Gasteiger charge is -2.00. The van der Waals surface area contributed by atoms with Gasteiger partial charge in [-0.25, -0.2) is 4.39 Å². The number of ketones is 1. The molecule has 0 aliphatic rings. The number of rotatable bonds is 6. The van der Waals surface area contributed by atoms with Crippen LogP contribution in [-0.4, -0.2) is 21.5 Å². The number of benzene rings is 1. The molecule has 1 N–H and O–H groups in total. The second kappa shape index (κ2) is 8.01. The van der Waals surface area contributed by atoms with Gasteiger partial charge in [-0.1, -0.05) is 17.7 Å². The summed E-state index contributed by atoms with van der Waals surface area (Å²) in [4.78, 5) is 23.2. The van der Waals surface area contributed by atoms with Crippen LogP contribution in [0.15, 0.2) is 53.2 Å². The van der Waals surface area contributed by atoms with Crippen LogP contribution in [0.3, 0.4) is 0 Å². The molecule has 0 atom stereocenters. The van der Waals surface area contributed by atoms with Gasteiger partial charge in [0.1, 0.15) is 11.6 Å². The predicted octanol–water partition coefficient (Wildman–Crippen LogP) is 4.17. The Morgan fingerprint density at radius 2 is 2.15 bits per heavy atom. The van der Waals surface area contributed by atoms with Crippen molar-refractivity contribution in [1.29, 1.82) is 0 Å². The van der Waals surface area contributed by atoms with E-state index >= 15 is 0 Å². The fraction of sp³-hybridized carbons (Fsp3) is 0.105. The molecule has 0 fully saturated rings. The van der Waals surface area contributed by atoms with Crippen molar-refractivity contribution >= 4 is 35.1 Å². The van der Waals surface area contributed by atoms with Crippen LogP contribution in [0.25, 0.3) is 6.08 Å². The number of furan rings is 1. The fourth-order valence-corrected chi connectivity index (χ4v) is 2.57. The molecule has 0 saturated carbocycles. The molecule has 0 saturated heterocycles. The Kier molecular flexibility index (Phi) is 5.52. The molecule has 138 valence electrons. The highest BCUT2D eigenvalue weighted by Crippen LogP contribution is 2.20. The standard InChI is InChI=1S/C19H15ClFN3O3/c1-12(25)18-7-5-14(27-18)11-24-10-13(9-22-24)23-19(26)8-6-15-16(20)3-2-4-17(15)21/h2-10H,11H2,1H3,(H,23,26)/b8-6-. The van der Waals surface area contributed by atoms with Crippen LogP contribution >= 0.6 is 11.6 Å². The van der Waals surface area contributed by atoms with Crippen molar-refractivity contribution in [2.45, 2.75) is 13.5 Å². The van der Waals surface area contributed by atoms with E-state index in [4.69, 9.17) is 16.0 Å². The van der Waals surface area contributed by atoms with Crippen LogP contribution < -0.4 is 5.32 Å². The van der Waals surface area contributed by atoms with Crippen molar-refractivity contribution in [3.05, 3.63) is 76.7 Å². The van der Waals surface area contributed by atoms with Gasteiger partial charge in [-0.3, -0.25) is 14.3 Å². The van der Waals surface area contributed by atoms with Crippen molar-refractivity contribution < 1.29 is 18.4 Å². The summed E-state index contributed by atoms with van der Waals surface area (Å²) in [5.74, 6) is -0.275. The first-order valence-corrected chi connectivity index (χ1v) is 8.35. The summed E-state index contributed by atoms with van der Waals surface area (Å²) in [6, 6.07) is 7.58. The number of hydrogen-bond acceptors (Lipinski definition) is 4. The third kappa shape index (κ3) is 4.71. The highest BCUT2D eigenvalue weighted by molar-refractivity contribution is 6.32. The Morgan fingerprint density at radius 1 is 1.33 bits per heavy atom. The normalized spacial score (nSPS) is 11.1. The van der Waals surface area contributed by atoms with Gasteiger partial charge in [0.05, 0.1) is 23.5 Å². The van der Waals surface area contributed by atoms with E-state index in [9.17, 15) is 14.0 Å². The molecule has 8 heteroatoms. The zero-order chi connectivity index (χ0) is 19.4. The number of carbonyl (C=O) groups excluding carboxylic acids is 2. The van der Waals surface area contributed by atoms with Gasteiger partial charge in [0.15, 0.2) is 11.5 Å². The minimum Gasteiger partial charge on any atom is -0.456 e. The van der Waals surface area contributed by atoms with Crippen molar-refractivity contribution in [2.75, 3.05) is 5.32 Å². The number of hydrogen-bond donors (Lipinski definition) is 1. The van der Waals surface area contributed by atoms with Crippen molar-refractivity contribution in [3.8, 4) is 0 Å². The van der Waals surface area contributed by atoms with Crippen LogP contribution in [-0.2, 0) is 11.3 Å². The predicted molar refractivity (Wildman–Crippen MR) is 99.1 cm³/mol. The van der Waals surface area contributed by atoms with E-state index in [0.29, 0.717) is 18.0 Å². The van der Waals surface area contributed by atoms with Crippen LogP contribution in [0.5, 0.6) is 0 Å². The summed E-state index contributed by atoms with van der Waals surface area (Å²) in [5.41, 5.74) is 0.603. The highest BCUT2D eigenvalue weighted by atomic mass is 35.5. The van der Waals surface area contributed by atoms with E-state index in [0.717, 1.165) is 0 Å². The molecular formula is C19H15ClFN3O3. The third-order valence-electron chi connectivity index (χ3n) is 3.63. The van der Waals surface area contributed by atoms with Gasteiger partial charge in [-0.15, -0.1) is 0 Å². The minimum absolute atomic E-state index is 0.143. The van der Waals surface area contributed by atoms with E-state index in [2.05, 4.69) is 10.4 Å². The van der Waals surface area contributed by atoms with Crippen molar-refractivity contribution in [2.24, 2.45) is 0 Å². The molecule has 1 amide bonds. The van der Waals surface area contributed by atoms with Gasteiger partial charge in [0.2, 0.25) is 5.91 Å². The first kappa shape index (κ1) is 18.6. The zero-order valence-corrected chi connectivity index (χ0v) is 15.0. The summed E-state index contributed by atoms with van der Waals surface area (Å²) in [7, 11) is 0. The zero-order valence-electron chi connectivity index (χ0n) is 14.3. The molecule has 6 nitrogen and oxygen atoms in total. The van der Waals surface area contributed by atoms with E-state index in [1.54, 1.807) is 29.1 Å². The quantitative estimate of drug-likeness (QED) is 0.508. The smallest absolute Gasteiger partial charge is 0.248 e. The number of halogens is 2. The van der Waals surface area contributed by atoms with Crippen LogP contribution in [0.2, 0.25) is 5.02 Å². The largest absolute Gasteiger partial charge is 0.456 e. The number of nitrogens with zero attached hydrogens (tertiary/aromatic N) is 2. The maximum Gasteiger partial charge on any atom is 0.248 e. The average molecular weight is 388 g/mol. The molecule has 2 aromatic heterocycles. The van der Waals surface area contributed by atoms with E-state index in [1.165, 1.54) is 37.4 Å². The van der Waals surface area contributed by atoms with Crippen LogP contribution in [0, 0.1) is 5.82 Å². The van der Waals surface area contributed by atoms with Crippen LogP contribution in [0.4, 0.5) is 10.1 Å². The summed E-state index contributed by atoms with van der Waals surface area (Å²) in [6.45, 7) is 1.73. The van der Waals surface area contributed by atoms with Gasteiger partial charge in [-0.05, 0) is 30.3 Å². The Bertz CT molecular complexity index is 1000. The molecule has 0 aliphatic carbocycles. The highest BCUT2D eigenvalue weighted by Gasteiger charge is 2.09. The second-order valence-electron chi connectivity index (χ2n) is 5.71. The van der Waals surface area contributed by atoms with Gasteiger partial charge >= 0.3 is 0 Å². The number of amides is 1. The van der Waals surface area contributed by atoms with Gasteiger partial charge < -0.3 is 9.73 Å². The maximum absolute atomic E-state index is 13.7. The molecule has 3 rings (SSSR count). The monoisotopic (exact) mass is 387 g/mol. The lowest BCUT2D eigenvalue weighted by atomic mass is 10.2. The van der Waals surface area contributed by atoms with Crippen molar-refractivity contribution in [1.82, 2.24) is 9.78 Å². The lowest BCUT2D eigenvalue weighted by molar-refractivity contribution is -0.111. The third-order valence-corrected chi connectivity index (χ3v) is 3.96. The fourth-order valence-electron chi connectivity index (χ4n) is 2.34. The minimum atomic E-state index is -0.511. The maximum atomic E-state index is 13.7. The first-order chi connectivity index (χ1) is 12.9. The van der Waals surface area contributed by atoms with E-state index in [1.807, 2.05) is 0 Å². The number of Topliss-reactive ketones (excluding diaryl/α,β-unsaturated/α-hetero) is 1. The SMILES string of the molecule is CC(=O)c1ccc(Cn2cc(NC(=O)/C=C\c3c(F)cccc3Cl)cn2)o1. The first-order valence-electron chi connectivity index (χ1n) is 7.97. The van der Waals surface area contributed by atoms with Crippen molar-refractivity contribution in [3.63, 3.8) is 0 Å². The van der Waals surface area contributed by atoms with Crippen LogP contribution in [0.1, 0.15) is 28.8 Å². The summed E-state index contributed by atoms with van der Waals surface area (Å²) in [5, 5.41) is 6.96. The molecule has 0 unspecified atom stereocenters. The topological polar surface area (TPSA) is 77.1 Å². The second-order valence-corrected chi connectivity index (χ2v) is 6.11. The van der Waals surface area contributed by atoms with E-state index in [-0.39, 0.29) is 22.1 Å². The summed E-state index contributed by atoms with van der Waals surface area (Å²) >= 11 is 5.91. The van der Waals surface area contributed by atoms with E-state index < -0.39 is 11.7 Å². The van der Waals surface area contributed by atoms with Gasteiger partial charge in [-0.2, -0.15) is 5.10 Å². The molecule has 1 aromatic carbocycles. The Labute approximate surface area is 159 Å². The molecule has 0 spiro atoms. The Hall–Kier alpha value is -3.19. The molecule has 2 heterocycles. The number of anilines is 1. The lowest BCUT2D eigenvalue weighted by Crippen LogP contribution is -2.07. The summed E-state index contributed by atoms with van der Waals surface area (Å²) < 4.78 is 20.6. The van der Waals surface area contributed by atoms with Gasteiger partial charge in [0.25, 0.3) is 0 Å². The number of carbonyl (C=O) groups is 2. The molecule has 0 radical (unpaired) electrons. The Balaban J connectivity index is 1.62. The molecule has 0 aliphatic heterocycles. The number of nitrogens with one attached hydrogen (secondary N) is 1. The molecule has 27 heavy (non-hydrogen) atoms. The molecule has 0 bridgehead atoms. The summed E-state index contributed by atoms with van der Waals surface area (Å²) in [6.07, 6.45) is 5.57. The number of aromatic nitrogens is 2. The Morgan fingerprint density at radius 3 is 2.85 bits per heavy atom. The molecule has 3 aromatic rings. The van der Waals surface area contributed by atoms with Gasteiger partial charge in [0, 0.05) is 24.8 Å². The average Bonchev–Trinajstić information content (AvgIpc) is 3.24.